The minimum atomic E-state index is -4.69. The van der Waals surface area contributed by atoms with Gasteiger partial charge in [-0.25, -0.2) is 9.59 Å². The van der Waals surface area contributed by atoms with E-state index in [2.05, 4.69) is 4.74 Å². The van der Waals surface area contributed by atoms with Crippen LogP contribution in [-0.2, 0) is 15.7 Å². The lowest BCUT2D eigenvalue weighted by Gasteiger charge is -2.13. The molecule has 0 unspecified atom stereocenters. The molecule has 0 atom stereocenters. The molecule has 8 heteroatoms. The van der Waals surface area contributed by atoms with Crippen molar-refractivity contribution < 1.29 is 37.0 Å². The van der Waals surface area contributed by atoms with Crippen molar-refractivity contribution in [3.05, 3.63) is 65.2 Å². The van der Waals surface area contributed by atoms with Crippen LogP contribution in [0.15, 0.2) is 48.5 Å². The first-order valence-corrected chi connectivity index (χ1v) is 7.58. The second-order valence-corrected chi connectivity index (χ2v) is 5.20. The van der Waals surface area contributed by atoms with Gasteiger partial charge in [-0.15, -0.1) is 0 Å². The monoisotopic (exact) mass is 380 g/mol. The van der Waals surface area contributed by atoms with E-state index < -0.39 is 29.2 Å². The summed E-state index contributed by atoms with van der Waals surface area (Å²) in [6, 6.07) is 8.63. The maximum atomic E-state index is 13.0. The van der Waals surface area contributed by atoms with Crippen LogP contribution in [0.1, 0.15) is 21.5 Å². The summed E-state index contributed by atoms with van der Waals surface area (Å²) < 4.78 is 53.8. The highest BCUT2D eigenvalue weighted by Gasteiger charge is 2.35. The molecule has 0 aliphatic carbocycles. The molecule has 0 amide bonds. The summed E-state index contributed by atoms with van der Waals surface area (Å²) in [5, 5.41) is 0. The largest absolute Gasteiger partial charge is 0.493 e. The zero-order chi connectivity index (χ0) is 20.0. The fourth-order valence-electron chi connectivity index (χ4n) is 2.17. The molecular formula is C19H15F3O5. The van der Waals surface area contributed by atoms with Crippen molar-refractivity contribution >= 4 is 18.0 Å². The van der Waals surface area contributed by atoms with Crippen LogP contribution in [0.2, 0.25) is 0 Å². The Morgan fingerprint density at radius 1 is 1.00 bits per heavy atom. The molecule has 0 bridgehead atoms. The lowest BCUT2D eigenvalue weighted by Crippen LogP contribution is -2.17. The second kappa shape index (κ2) is 8.39. The van der Waals surface area contributed by atoms with Crippen LogP contribution in [0.25, 0.3) is 6.08 Å². The highest BCUT2D eigenvalue weighted by molar-refractivity contribution is 5.93. The van der Waals surface area contributed by atoms with Crippen LogP contribution in [-0.4, -0.2) is 26.2 Å². The molecule has 5 nitrogen and oxygen atoms in total. The van der Waals surface area contributed by atoms with Gasteiger partial charge in [-0.3, -0.25) is 0 Å². The second-order valence-electron chi connectivity index (χ2n) is 5.20. The zero-order valence-electron chi connectivity index (χ0n) is 14.4. The zero-order valence-corrected chi connectivity index (χ0v) is 14.4. The van der Waals surface area contributed by atoms with E-state index in [4.69, 9.17) is 9.47 Å². The molecule has 27 heavy (non-hydrogen) atoms. The van der Waals surface area contributed by atoms with Crippen LogP contribution in [0, 0.1) is 0 Å². The number of esters is 2. The molecule has 0 N–H and O–H groups in total. The van der Waals surface area contributed by atoms with E-state index in [0.29, 0.717) is 5.56 Å². The van der Waals surface area contributed by atoms with Gasteiger partial charge in [-0.2, -0.15) is 13.2 Å². The molecule has 0 saturated heterocycles. The van der Waals surface area contributed by atoms with Gasteiger partial charge < -0.3 is 14.2 Å². The maximum Gasteiger partial charge on any atom is 0.417 e. The topological polar surface area (TPSA) is 61.8 Å². The molecule has 142 valence electrons. The summed E-state index contributed by atoms with van der Waals surface area (Å²) in [5.74, 6) is -1.68. The fraction of sp³-hybridized carbons (Fsp3) is 0.158. The van der Waals surface area contributed by atoms with Crippen molar-refractivity contribution in [1.82, 2.24) is 0 Å². The summed E-state index contributed by atoms with van der Waals surface area (Å²) in [6.07, 6.45) is -2.07. The third-order valence-electron chi connectivity index (χ3n) is 3.46. The first-order valence-electron chi connectivity index (χ1n) is 7.58. The average molecular weight is 380 g/mol. The van der Waals surface area contributed by atoms with Crippen LogP contribution in [0.4, 0.5) is 13.2 Å². The Bertz CT molecular complexity index is 872. The predicted octanol–water partition coefficient (Wildman–Crippen LogP) is 4.12. The Morgan fingerprint density at radius 3 is 2.33 bits per heavy atom. The van der Waals surface area contributed by atoms with Crippen LogP contribution in [0.5, 0.6) is 11.5 Å². The normalized spacial score (nSPS) is 11.3. The van der Waals surface area contributed by atoms with Gasteiger partial charge in [-0.1, -0.05) is 18.2 Å². The first kappa shape index (κ1) is 20.0. The third-order valence-corrected chi connectivity index (χ3v) is 3.46. The molecular weight excluding hydrogens is 365 g/mol. The minimum absolute atomic E-state index is 0.0605. The maximum absolute atomic E-state index is 13.0. The van der Waals surface area contributed by atoms with Gasteiger partial charge in [-0.05, 0) is 35.9 Å². The predicted molar refractivity (Wildman–Crippen MR) is 90.4 cm³/mol. The van der Waals surface area contributed by atoms with Gasteiger partial charge in [0.2, 0.25) is 0 Å². The van der Waals surface area contributed by atoms with E-state index >= 15 is 0 Å². The Balaban J connectivity index is 2.29. The number of carbonyl (C=O) groups excluding carboxylic acids is 2. The SMILES string of the molecule is COC(=O)/C=C/c1ccc(OC(=O)c2ccccc2C(F)(F)F)c(OC)c1. The first-order chi connectivity index (χ1) is 12.8. The van der Waals surface area contributed by atoms with Gasteiger partial charge >= 0.3 is 18.1 Å². The molecule has 0 heterocycles. The van der Waals surface area contributed by atoms with Crippen molar-refractivity contribution in [1.29, 1.82) is 0 Å². The standard InChI is InChI=1S/C19H15F3O5/c1-25-16-11-12(8-10-17(23)26-2)7-9-15(16)27-18(24)13-5-3-4-6-14(13)19(20,21)22/h3-11H,1-2H3/b10-8+. The number of hydrogen-bond donors (Lipinski definition) is 0. The van der Waals surface area contributed by atoms with Crippen molar-refractivity contribution in [2.24, 2.45) is 0 Å². The number of benzene rings is 2. The quantitative estimate of drug-likeness (QED) is 0.444. The van der Waals surface area contributed by atoms with E-state index in [-0.39, 0.29) is 11.5 Å². The molecule has 2 aromatic rings. The lowest BCUT2D eigenvalue weighted by molar-refractivity contribution is -0.138. The highest BCUT2D eigenvalue weighted by Crippen LogP contribution is 2.34. The van der Waals surface area contributed by atoms with Crippen LogP contribution >= 0.6 is 0 Å². The summed E-state index contributed by atoms with van der Waals surface area (Å²) in [4.78, 5) is 23.4. The van der Waals surface area contributed by atoms with E-state index in [9.17, 15) is 22.8 Å². The molecule has 0 spiro atoms. The number of methoxy groups -OCH3 is 2. The Morgan fingerprint density at radius 2 is 1.70 bits per heavy atom. The van der Waals surface area contributed by atoms with Crippen molar-refractivity contribution in [2.75, 3.05) is 14.2 Å². The van der Waals surface area contributed by atoms with Gasteiger partial charge in [0.15, 0.2) is 11.5 Å². The molecule has 0 fully saturated rings. The minimum Gasteiger partial charge on any atom is -0.493 e. The van der Waals surface area contributed by atoms with E-state index in [0.717, 1.165) is 12.1 Å². The van der Waals surface area contributed by atoms with Gasteiger partial charge in [0, 0.05) is 6.08 Å². The summed E-state index contributed by atoms with van der Waals surface area (Å²) in [6.45, 7) is 0. The molecule has 2 rings (SSSR count). The molecule has 0 aromatic heterocycles. The van der Waals surface area contributed by atoms with Crippen molar-refractivity contribution in [3.63, 3.8) is 0 Å². The molecule has 0 aliphatic heterocycles. The summed E-state index contributed by atoms with van der Waals surface area (Å²) in [7, 11) is 2.54. The molecule has 0 radical (unpaired) electrons. The molecule has 0 saturated carbocycles. The van der Waals surface area contributed by atoms with Crippen LogP contribution < -0.4 is 9.47 Å². The Kier molecular flexibility index (Phi) is 6.23. The van der Waals surface area contributed by atoms with E-state index in [1.54, 1.807) is 0 Å². The summed E-state index contributed by atoms with van der Waals surface area (Å²) in [5.41, 5.74) is -1.17. The number of carbonyl (C=O) groups is 2. The van der Waals surface area contributed by atoms with Crippen LogP contribution in [0.3, 0.4) is 0 Å². The van der Waals surface area contributed by atoms with Gasteiger partial charge in [0.05, 0.1) is 25.3 Å². The number of halogens is 3. The van der Waals surface area contributed by atoms with Gasteiger partial charge in [0.1, 0.15) is 0 Å². The van der Waals surface area contributed by atoms with Gasteiger partial charge in [0.25, 0.3) is 0 Å². The number of alkyl halides is 3. The third kappa shape index (κ3) is 5.10. The van der Waals surface area contributed by atoms with Crippen molar-refractivity contribution in [3.8, 4) is 11.5 Å². The number of rotatable bonds is 5. The van der Waals surface area contributed by atoms with E-state index in [1.165, 1.54) is 56.7 Å². The lowest BCUT2D eigenvalue weighted by atomic mass is 10.1. The van der Waals surface area contributed by atoms with Crippen molar-refractivity contribution in [2.45, 2.75) is 6.18 Å². The fourth-order valence-corrected chi connectivity index (χ4v) is 2.17. The highest BCUT2D eigenvalue weighted by atomic mass is 19.4. The smallest absolute Gasteiger partial charge is 0.417 e. The number of hydrogen-bond acceptors (Lipinski definition) is 5. The average Bonchev–Trinajstić information content (AvgIpc) is 2.66. The van der Waals surface area contributed by atoms with E-state index in [1.807, 2.05) is 0 Å². The summed E-state index contributed by atoms with van der Waals surface area (Å²) >= 11 is 0. The molecule has 0 aliphatic rings. The molecule has 2 aromatic carbocycles. The Labute approximate surface area is 153 Å². The Hall–Kier alpha value is -3.29. The number of ether oxygens (including phenoxy) is 3.